The van der Waals surface area contributed by atoms with Crippen LogP contribution in [0.1, 0.15) is 39.2 Å². The van der Waals surface area contributed by atoms with Gasteiger partial charge in [-0.3, -0.25) is 9.59 Å². The number of hydrogen-bond acceptors (Lipinski definition) is 2. The van der Waals surface area contributed by atoms with Crippen LogP contribution >= 0.6 is 0 Å². The maximum atomic E-state index is 13.0. The zero-order valence-electron chi connectivity index (χ0n) is 13.0. The van der Waals surface area contributed by atoms with Crippen LogP contribution in [0.5, 0.6) is 0 Å². The summed E-state index contributed by atoms with van der Waals surface area (Å²) in [7, 11) is 0. The van der Waals surface area contributed by atoms with Crippen molar-refractivity contribution in [1.82, 2.24) is 5.32 Å². The van der Waals surface area contributed by atoms with E-state index in [1.165, 1.54) is 19.1 Å². The zero-order chi connectivity index (χ0) is 15.8. The highest BCUT2D eigenvalue weighted by Gasteiger charge is 2.22. The van der Waals surface area contributed by atoms with E-state index in [0.29, 0.717) is 25.3 Å². The minimum atomic E-state index is -0.570. The predicted octanol–water partition coefficient (Wildman–Crippen LogP) is 3.13. The number of benzene rings is 1. The minimum Gasteiger partial charge on any atom is -0.355 e. The van der Waals surface area contributed by atoms with Crippen LogP contribution in [-0.4, -0.2) is 18.2 Å². The fourth-order valence-electron chi connectivity index (χ4n) is 2.16. The molecule has 0 spiro atoms. The Morgan fingerprint density at radius 3 is 2.52 bits per heavy atom. The molecule has 1 aromatic carbocycles. The summed E-state index contributed by atoms with van der Waals surface area (Å²) in [6, 6.07) is 6.30. The molecule has 0 bridgehead atoms. The summed E-state index contributed by atoms with van der Waals surface area (Å²) in [5, 5.41) is 2.77. The molecule has 0 fully saturated rings. The van der Waals surface area contributed by atoms with Gasteiger partial charge in [0.15, 0.2) is 0 Å². The summed E-state index contributed by atoms with van der Waals surface area (Å²) in [5.41, 5.74) is 0.830. The number of rotatable bonds is 8. The molecule has 1 amide bonds. The molecule has 116 valence electrons. The van der Waals surface area contributed by atoms with Crippen molar-refractivity contribution in [2.45, 2.75) is 40.0 Å². The Hall–Kier alpha value is -1.71. The van der Waals surface area contributed by atoms with Crippen LogP contribution < -0.4 is 5.32 Å². The summed E-state index contributed by atoms with van der Waals surface area (Å²) in [6.07, 6.45) is 1.98. The summed E-state index contributed by atoms with van der Waals surface area (Å²) in [5.74, 6) is -0.706. The molecule has 0 aromatic heterocycles. The first-order valence-electron chi connectivity index (χ1n) is 7.42. The average Bonchev–Trinajstić information content (AvgIpc) is 2.38. The molecule has 1 rings (SSSR count). The molecule has 3 nitrogen and oxygen atoms in total. The van der Waals surface area contributed by atoms with Gasteiger partial charge in [-0.2, -0.15) is 0 Å². The Bertz CT molecular complexity index is 485. The van der Waals surface area contributed by atoms with Gasteiger partial charge in [0.2, 0.25) is 5.91 Å². The lowest BCUT2D eigenvalue weighted by molar-refractivity contribution is -0.133. The molecule has 1 atom stereocenters. The monoisotopic (exact) mass is 293 g/mol. The van der Waals surface area contributed by atoms with E-state index in [2.05, 4.69) is 19.2 Å². The van der Waals surface area contributed by atoms with Gasteiger partial charge in [-0.25, -0.2) is 4.39 Å². The Morgan fingerprint density at radius 1 is 1.24 bits per heavy atom. The van der Waals surface area contributed by atoms with E-state index in [1.807, 2.05) is 6.07 Å². The van der Waals surface area contributed by atoms with Crippen molar-refractivity contribution in [3.05, 3.63) is 35.6 Å². The topological polar surface area (TPSA) is 46.2 Å². The lowest BCUT2D eigenvalue weighted by Crippen LogP contribution is -2.35. The van der Waals surface area contributed by atoms with Gasteiger partial charge in [0.1, 0.15) is 11.6 Å². The Balaban J connectivity index is 2.44. The molecular weight excluding hydrogens is 269 g/mol. The molecule has 4 heteroatoms. The van der Waals surface area contributed by atoms with E-state index < -0.39 is 5.92 Å². The van der Waals surface area contributed by atoms with Crippen LogP contribution in [0.2, 0.25) is 0 Å². The highest BCUT2D eigenvalue weighted by Crippen LogP contribution is 2.13. The van der Waals surface area contributed by atoms with Crippen molar-refractivity contribution >= 4 is 11.7 Å². The molecule has 0 heterocycles. The first-order chi connectivity index (χ1) is 9.90. The van der Waals surface area contributed by atoms with Gasteiger partial charge < -0.3 is 5.32 Å². The molecule has 0 aliphatic rings. The maximum Gasteiger partial charge on any atom is 0.230 e. The van der Waals surface area contributed by atoms with E-state index in [9.17, 15) is 14.0 Å². The first-order valence-corrected chi connectivity index (χ1v) is 7.42. The molecular formula is C17H24FNO2. The minimum absolute atomic E-state index is 0.0982. The molecule has 21 heavy (non-hydrogen) atoms. The zero-order valence-corrected chi connectivity index (χ0v) is 13.0. The molecule has 0 saturated carbocycles. The largest absolute Gasteiger partial charge is 0.355 e. The van der Waals surface area contributed by atoms with Crippen LogP contribution in [0.3, 0.4) is 0 Å². The Labute approximate surface area is 125 Å². The second-order valence-electron chi connectivity index (χ2n) is 5.81. The Kier molecular flexibility index (Phi) is 7.06. The number of carbonyl (C=O) groups is 2. The van der Waals surface area contributed by atoms with Crippen molar-refractivity contribution < 1.29 is 14.0 Å². The normalized spacial score (nSPS) is 12.2. The second kappa shape index (κ2) is 8.55. The van der Waals surface area contributed by atoms with Crippen molar-refractivity contribution in [2.75, 3.05) is 6.54 Å². The summed E-state index contributed by atoms with van der Waals surface area (Å²) in [4.78, 5) is 23.6. The summed E-state index contributed by atoms with van der Waals surface area (Å²) < 4.78 is 13.0. The van der Waals surface area contributed by atoms with Crippen molar-refractivity contribution in [2.24, 2.45) is 11.8 Å². The van der Waals surface area contributed by atoms with Crippen molar-refractivity contribution in [3.8, 4) is 0 Å². The molecule has 0 radical (unpaired) electrons. The van der Waals surface area contributed by atoms with Gasteiger partial charge in [-0.1, -0.05) is 26.0 Å². The number of halogens is 1. The van der Waals surface area contributed by atoms with Crippen LogP contribution in [0.15, 0.2) is 24.3 Å². The molecule has 0 aliphatic heterocycles. The van der Waals surface area contributed by atoms with Gasteiger partial charge in [0, 0.05) is 6.54 Å². The third-order valence-corrected chi connectivity index (χ3v) is 3.44. The highest BCUT2D eigenvalue weighted by molar-refractivity contribution is 6.00. The van der Waals surface area contributed by atoms with Gasteiger partial charge in [-0.05, 0) is 49.8 Å². The smallest absolute Gasteiger partial charge is 0.230 e. The van der Waals surface area contributed by atoms with E-state index in [-0.39, 0.29) is 17.5 Å². The maximum absolute atomic E-state index is 13.0. The van der Waals surface area contributed by atoms with E-state index in [1.54, 1.807) is 6.07 Å². The fraction of sp³-hybridized carbons (Fsp3) is 0.529. The third-order valence-electron chi connectivity index (χ3n) is 3.44. The molecule has 1 N–H and O–H groups in total. The number of amides is 1. The van der Waals surface area contributed by atoms with Gasteiger partial charge in [0.25, 0.3) is 0 Å². The molecule has 0 aliphatic carbocycles. The van der Waals surface area contributed by atoms with E-state index in [0.717, 1.165) is 12.0 Å². The van der Waals surface area contributed by atoms with Gasteiger partial charge in [0.05, 0.1) is 5.92 Å². The lowest BCUT2D eigenvalue weighted by atomic mass is 9.94. The fourth-order valence-corrected chi connectivity index (χ4v) is 2.16. The molecule has 1 unspecified atom stereocenters. The second-order valence-corrected chi connectivity index (χ2v) is 5.81. The SMILES string of the molecule is CC(=O)C(CCC(C)C)C(=O)NCCc1cccc(F)c1. The number of hydrogen-bond donors (Lipinski definition) is 1. The number of nitrogens with one attached hydrogen (secondary N) is 1. The highest BCUT2D eigenvalue weighted by atomic mass is 19.1. The summed E-state index contributed by atoms with van der Waals surface area (Å²) in [6.45, 7) is 6.00. The standard InChI is InChI=1S/C17H24FNO2/c1-12(2)7-8-16(13(3)20)17(21)19-10-9-14-5-4-6-15(18)11-14/h4-6,11-12,16H,7-10H2,1-3H3,(H,19,21). The van der Waals surface area contributed by atoms with Crippen LogP contribution in [0, 0.1) is 17.7 Å². The lowest BCUT2D eigenvalue weighted by Gasteiger charge is -2.15. The Morgan fingerprint density at radius 2 is 1.95 bits per heavy atom. The van der Waals surface area contributed by atoms with E-state index >= 15 is 0 Å². The average molecular weight is 293 g/mol. The van der Waals surface area contributed by atoms with Crippen molar-refractivity contribution in [1.29, 1.82) is 0 Å². The van der Waals surface area contributed by atoms with Gasteiger partial charge in [-0.15, -0.1) is 0 Å². The molecule has 1 aromatic rings. The first kappa shape index (κ1) is 17.3. The van der Waals surface area contributed by atoms with E-state index in [4.69, 9.17) is 0 Å². The predicted molar refractivity (Wildman–Crippen MR) is 81.4 cm³/mol. The van der Waals surface area contributed by atoms with Crippen LogP contribution in [-0.2, 0) is 16.0 Å². The number of ketones is 1. The summed E-state index contributed by atoms with van der Waals surface area (Å²) >= 11 is 0. The molecule has 0 saturated heterocycles. The third kappa shape index (κ3) is 6.52. The van der Waals surface area contributed by atoms with Crippen LogP contribution in [0.4, 0.5) is 4.39 Å². The quantitative estimate of drug-likeness (QED) is 0.749. The van der Waals surface area contributed by atoms with Crippen LogP contribution in [0.25, 0.3) is 0 Å². The van der Waals surface area contributed by atoms with Crippen molar-refractivity contribution in [3.63, 3.8) is 0 Å². The number of carbonyl (C=O) groups excluding carboxylic acids is 2. The number of Topliss-reactive ketones (excluding diaryl/α,β-unsaturated/α-hetero) is 1. The van der Waals surface area contributed by atoms with Gasteiger partial charge >= 0.3 is 0 Å².